The van der Waals surface area contributed by atoms with E-state index < -0.39 is 0 Å². The maximum Gasteiger partial charge on any atom is 0.231 e. The van der Waals surface area contributed by atoms with Crippen molar-refractivity contribution in [2.24, 2.45) is 7.05 Å². The molecule has 2 aromatic rings. The summed E-state index contributed by atoms with van der Waals surface area (Å²) in [4.78, 5) is 16.8. The molecule has 1 aliphatic heterocycles. The van der Waals surface area contributed by atoms with Crippen LogP contribution in [0.4, 0.5) is 5.95 Å². The van der Waals surface area contributed by atoms with E-state index in [1.165, 1.54) is 0 Å². The van der Waals surface area contributed by atoms with Crippen molar-refractivity contribution in [3.63, 3.8) is 0 Å². The van der Waals surface area contributed by atoms with Crippen molar-refractivity contribution in [2.75, 3.05) is 25.5 Å². The first kappa shape index (κ1) is 16.4. The summed E-state index contributed by atoms with van der Waals surface area (Å²) in [6.07, 6.45) is 2.35. The van der Waals surface area contributed by atoms with Gasteiger partial charge in [0.2, 0.25) is 11.9 Å². The lowest BCUT2D eigenvalue weighted by atomic mass is 9.98. The fourth-order valence-electron chi connectivity index (χ4n) is 2.86. The second-order valence-corrected chi connectivity index (χ2v) is 6.01. The van der Waals surface area contributed by atoms with Gasteiger partial charge in [0.15, 0.2) is 5.82 Å². The number of benzene rings is 1. The zero-order chi connectivity index (χ0) is 16.9. The quantitative estimate of drug-likeness (QED) is 0.868. The number of hydrogen-bond acceptors (Lipinski definition) is 5. The lowest BCUT2D eigenvalue weighted by Crippen LogP contribution is -2.27. The summed E-state index contributed by atoms with van der Waals surface area (Å²) >= 11 is 0. The molecule has 1 amide bonds. The molecule has 1 saturated heterocycles. The number of ether oxygens (including phenoxy) is 1. The molecule has 2 N–H and O–H groups in total. The highest BCUT2D eigenvalue weighted by atomic mass is 16.5. The molecule has 24 heavy (non-hydrogen) atoms. The van der Waals surface area contributed by atoms with Crippen molar-refractivity contribution >= 4 is 11.9 Å². The molecule has 0 aliphatic carbocycles. The molecule has 7 heteroatoms. The van der Waals surface area contributed by atoms with Crippen molar-refractivity contribution < 1.29 is 9.53 Å². The number of hydrogen-bond donors (Lipinski definition) is 2. The van der Waals surface area contributed by atoms with Crippen molar-refractivity contribution in [1.82, 2.24) is 20.1 Å². The van der Waals surface area contributed by atoms with E-state index in [0.717, 1.165) is 43.1 Å². The zero-order valence-electron chi connectivity index (χ0n) is 14.1. The van der Waals surface area contributed by atoms with Crippen LogP contribution in [0, 0.1) is 0 Å². The van der Waals surface area contributed by atoms with E-state index in [9.17, 15) is 4.79 Å². The number of nitrogens with zero attached hydrogens (tertiary/aromatic N) is 3. The van der Waals surface area contributed by atoms with Crippen molar-refractivity contribution in [2.45, 2.75) is 25.2 Å². The van der Waals surface area contributed by atoms with Crippen LogP contribution in [0.2, 0.25) is 0 Å². The number of nitrogens with one attached hydrogen (secondary N) is 2. The Morgan fingerprint density at radius 1 is 1.33 bits per heavy atom. The monoisotopic (exact) mass is 329 g/mol. The molecule has 1 aromatic carbocycles. The largest absolute Gasteiger partial charge is 0.497 e. The smallest absolute Gasteiger partial charge is 0.231 e. The molecule has 0 atom stereocenters. The lowest BCUT2D eigenvalue weighted by Gasteiger charge is -2.19. The molecular formula is C17H23N5O2. The number of aryl methyl sites for hydroxylation is 1. The Morgan fingerprint density at radius 3 is 2.71 bits per heavy atom. The molecule has 7 nitrogen and oxygen atoms in total. The standard InChI is InChI=1S/C17H23N5O2/c1-22-17(20-16(21-22)13-7-9-18-10-8-13)19-15(23)11-12-3-5-14(24-2)6-4-12/h3-6,13,18H,7-11H2,1-2H3,(H,19,20,21,23). The number of carbonyl (C=O) groups is 1. The number of anilines is 1. The van der Waals surface area contributed by atoms with E-state index in [4.69, 9.17) is 4.74 Å². The highest BCUT2D eigenvalue weighted by Gasteiger charge is 2.21. The summed E-state index contributed by atoms with van der Waals surface area (Å²) in [5.41, 5.74) is 0.925. The number of piperidine rings is 1. The summed E-state index contributed by atoms with van der Waals surface area (Å²) < 4.78 is 6.76. The molecule has 0 unspecified atom stereocenters. The number of amides is 1. The van der Waals surface area contributed by atoms with Crippen LogP contribution >= 0.6 is 0 Å². The second-order valence-electron chi connectivity index (χ2n) is 6.01. The Kier molecular flexibility index (Phi) is 5.10. The number of methoxy groups -OCH3 is 1. The van der Waals surface area contributed by atoms with Gasteiger partial charge in [-0.05, 0) is 43.6 Å². The van der Waals surface area contributed by atoms with Gasteiger partial charge in [0.05, 0.1) is 13.5 Å². The van der Waals surface area contributed by atoms with Gasteiger partial charge in [-0.15, -0.1) is 0 Å². The van der Waals surface area contributed by atoms with E-state index in [-0.39, 0.29) is 5.91 Å². The minimum Gasteiger partial charge on any atom is -0.497 e. The molecule has 2 heterocycles. The Hall–Kier alpha value is -2.41. The Morgan fingerprint density at radius 2 is 2.04 bits per heavy atom. The molecule has 0 spiro atoms. The van der Waals surface area contributed by atoms with Gasteiger partial charge in [-0.25, -0.2) is 4.68 Å². The topological polar surface area (TPSA) is 81.1 Å². The molecular weight excluding hydrogens is 306 g/mol. The van der Waals surface area contributed by atoms with Crippen molar-refractivity contribution in [3.05, 3.63) is 35.7 Å². The third-order valence-corrected chi connectivity index (χ3v) is 4.26. The molecule has 0 saturated carbocycles. The first-order valence-electron chi connectivity index (χ1n) is 8.20. The summed E-state index contributed by atoms with van der Waals surface area (Å²) in [6.45, 7) is 1.98. The molecule has 3 rings (SSSR count). The van der Waals surface area contributed by atoms with Crippen LogP contribution in [0.15, 0.2) is 24.3 Å². The van der Waals surface area contributed by atoms with Crippen LogP contribution in [0.3, 0.4) is 0 Å². The van der Waals surface area contributed by atoms with Gasteiger partial charge in [-0.1, -0.05) is 12.1 Å². The van der Waals surface area contributed by atoms with E-state index in [1.807, 2.05) is 24.3 Å². The third-order valence-electron chi connectivity index (χ3n) is 4.26. The number of aromatic nitrogens is 3. The molecule has 0 bridgehead atoms. The highest BCUT2D eigenvalue weighted by Crippen LogP contribution is 2.23. The zero-order valence-corrected chi connectivity index (χ0v) is 14.1. The summed E-state index contributed by atoms with van der Waals surface area (Å²) in [5.74, 6) is 2.36. The van der Waals surface area contributed by atoms with Crippen LogP contribution < -0.4 is 15.4 Å². The van der Waals surface area contributed by atoms with Gasteiger partial charge in [0.25, 0.3) is 0 Å². The summed E-state index contributed by atoms with van der Waals surface area (Å²) in [6, 6.07) is 7.46. The molecule has 1 aliphatic rings. The van der Waals surface area contributed by atoms with Gasteiger partial charge in [0, 0.05) is 13.0 Å². The first-order valence-corrected chi connectivity index (χ1v) is 8.20. The predicted octanol–water partition coefficient (Wildman–Crippen LogP) is 1.47. The Bertz CT molecular complexity index is 690. The van der Waals surface area contributed by atoms with Gasteiger partial charge in [-0.2, -0.15) is 10.1 Å². The third kappa shape index (κ3) is 3.91. The SMILES string of the molecule is COc1ccc(CC(=O)Nc2nc(C3CCNCC3)nn2C)cc1. The lowest BCUT2D eigenvalue weighted by molar-refractivity contribution is -0.115. The predicted molar refractivity (Wildman–Crippen MR) is 91.2 cm³/mol. The van der Waals surface area contributed by atoms with E-state index in [2.05, 4.69) is 20.7 Å². The maximum atomic E-state index is 12.2. The molecule has 1 aromatic heterocycles. The average molecular weight is 329 g/mol. The van der Waals surface area contributed by atoms with Gasteiger partial charge in [-0.3, -0.25) is 10.1 Å². The van der Waals surface area contributed by atoms with Gasteiger partial charge >= 0.3 is 0 Å². The minimum absolute atomic E-state index is 0.104. The fourth-order valence-corrected chi connectivity index (χ4v) is 2.86. The molecule has 1 fully saturated rings. The van der Waals surface area contributed by atoms with Gasteiger partial charge < -0.3 is 10.1 Å². The second kappa shape index (κ2) is 7.44. The fraction of sp³-hybridized carbons (Fsp3) is 0.471. The molecule has 128 valence electrons. The number of carbonyl (C=O) groups excluding carboxylic acids is 1. The van der Waals surface area contributed by atoms with Crippen molar-refractivity contribution in [1.29, 1.82) is 0 Å². The van der Waals surface area contributed by atoms with Crippen LogP contribution in [0.25, 0.3) is 0 Å². The van der Waals surface area contributed by atoms with E-state index >= 15 is 0 Å². The summed E-state index contributed by atoms with van der Waals surface area (Å²) in [5, 5.41) is 10.6. The Labute approximate surface area is 141 Å². The van der Waals surface area contributed by atoms with Crippen LogP contribution in [-0.4, -0.2) is 40.9 Å². The Balaban J connectivity index is 1.62. The van der Waals surface area contributed by atoms with Crippen molar-refractivity contribution in [3.8, 4) is 5.75 Å². The van der Waals surface area contributed by atoms with Gasteiger partial charge in [0.1, 0.15) is 5.75 Å². The van der Waals surface area contributed by atoms with Crippen LogP contribution in [-0.2, 0) is 18.3 Å². The normalized spacial score (nSPS) is 15.2. The van der Waals surface area contributed by atoms with E-state index in [0.29, 0.717) is 18.3 Å². The van der Waals surface area contributed by atoms with Crippen LogP contribution in [0.5, 0.6) is 5.75 Å². The first-order chi connectivity index (χ1) is 11.7. The molecule has 0 radical (unpaired) electrons. The minimum atomic E-state index is -0.104. The maximum absolute atomic E-state index is 12.2. The summed E-state index contributed by atoms with van der Waals surface area (Å²) in [7, 11) is 3.43. The highest BCUT2D eigenvalue weighted by molar-refractivity contribution is 5.90. The van der Waals surface area contributed by atoms with Crippen LogP contribution in [0.1, 0.15) is 30.1 Å². The van der Waals surface area contributed by atoms with E-state index in [1.54, 1.807) is 18.8 Å². The average Bonchev–Trinajstić information content (AvgIpc) is 2.97. The number of rotatable bonds is 5.